The van der Waals surface area contributed by atoms with Crippen LogP contribution in [0.2, 0.25) is 4.75 Å². The molecule has 0 aliphatic carbocycles. The number of carboxylic acids is 1. The fraction of sp³-hybridized carbons (Fsp3) is 0.667. The summed E-state index contributed by atoms with van der Waals surface area (Å²) in [4.78, 5) is 21.0. The van der Waals surface area contributed by atoms with Crippen molar-refractivity contribution < 1.29 is 14.7 Å². The molecule has 0 saturated heterocycles. The molecule has 0 bridgehead atoms. The molecule has 4 nitrogen and oxygen atoms in total. The van der Waals surface area contributed by atoms with Gasteiger partial charge in [0.2, 0.25) is 0 Å². The summed E-state index contributed by atoms with van der Waals surface area (Å²) >= 11 is 0.415. The zero-order valence-electron chi connectivity index (χ0n) is 6.92. The predicted octanol–water partition coefficient (Wildman–Crippen LogP) is -1.25. The van der Waals surface area contributed by atoms with Crippen LogP contribution in [0.3, 0.4) is 0 Å². The van der Waals surface area contributed by atoms with E-state index in [1.807, 2.05) is 6.92 Å². The zero-order chi connectivity index (χ0) is 9.02. The van der Waals surface area contributed by atoms with Gasteiger partial charge in [-0.05, 0) is 0 Å². The first-order valence-corrected chi connectivity index (χ1v) is 5.87. The van der Waals surface area contributed by atoms with Crippen LogP contribution in [0, 0.1) is 0 Å². The van der Waals surface area contributed by atoms with E-state index in [0.717, 1.165) is 0 Å². The van der Waals surface area contributed by atoms with Crippen molar-refractivity contribution in [3.8, 4) is 0 Å². The van der Waals surface area contributed by atoms with Crippen LogP contribution in [0.4, 0.5) is 0 Å². The number of rotatable bonds is 3. The van der Waals surface area contributed by atoms with Crippen LogP contribution in [0.5, 0.6) is 0 Å². The topological polar surface area (TPSA) is 66.4 Å². The van der Waals surface area contributed by atoms with Crippen LogP contribution < -0.4 is 5.32 Å². The second kappa shape index (κ2) is 4.38. The van der Waals surface area contributed by atoms with Crippen LogP contribution >= 0.6 is 0 Å². The Balaban J connectivity index is 4.12. The molecule has 2 N–H and O–H groups in total. The Labute approximate surface area is 73.6 Å². The Morgan fingerprint density at radius 2 is 2.00 bits per heavy atom. The Kier molecular flexibility index (Phi) is 4.17. The van der Waals surface area contributed by atoms with E-state index in [2.05, 4.69) is 5.32 Å². The molecule has 0 aromatic rings. The molecule has 0 aliphatic rings. The van der Waals surface area contributed by atoms with Crippen molar-refractivity contribution in [2.45, 2.75) is 24.6 Å². The standard InChI is InChI=1S/C6H13GeNO3/c1-3(7)5(6(10)11)8-4(2)9/h3,5H,1-2,7H3,(H,8,9)(H,10,11). The fourth-order valence-electron chi connectivity index (χ4n) is 0.733. The van der Waals surface area contributed by atoms with Crippen LogP contribution in [0.15, 0.2) is 0 Å². The minimum atomic E-state index is -0.944. The van der Waals surface area contributed by atoms with Crippen molar-refractivity contribution in [1.29, 1.82) is 0 Å². The first kappa shape index (κ1) is 10.5. The summed E-state index contributed by atoms with van der Waals surface area (Å²) < 4.78 is 0.101. The second-order valence-electron chi connectivity index (χ2n) is 2.76. The van der Waals surface area contributed by atoms with Gasteiger partial charge in [-0.3, -0.25) is 0 Å². The normalized spacial score (nSPS) is 15.5. The summed E-state index contributed by atoms with van der Waals surface area (Å²) in [6.45, 7) is 3.15. The van der Waals surface area contributed by atoms with Gasteiger partial charge >= 0.3 is 73.0 Å². The van der Waals surface area contributed by atoms with Crippen LogP contribution in [0.25, 0.3) is 0 Å². The van der Waals surface area contributed by atoms with Crippen LogP contribution in [0.1, 0.15) is 13.8 Å². The molecule has 5 heteroatoms. The van der Waals surface area contributed by atoms with E-state index < -0.39 is 12.0 Å². The van der Waals surface area contributed by atoms with Crippen molar-refractivity contribution in [3.05, 3.63) is 0 Å². The van der Waals surface area contributed by atoms with Crippen molar-refractivity contribution >= 4 is 28.4 Å². The fourth-order valence-corrected chi connectivity index (χ4v) is 1.68. The summed E-state index contributed by atoms with van der Waals surface area (Å²) in [5, 5.41) is 11.0. The van der Waals surface area contributed by atoms with Gasteiger partial charge in [0.1, 0.15) is 0 Å². The van der Waals surface area contributed by atoms with Gasteiger partial charge in [-0.15, -0.1) is 0 Å². The van der Waals surface area contributed by atoms with E-state index in [1.54, 1.807) is 0 Å². The number of carboxylic acid groups (broad SMARTS) is 1. The van der Waals surface area contributed by atoms with Crippen molar-refractivity contribution in [1.82, 2.24) is 5.32 Å². The molecule has 0 aromatic heterocycles. The summed E-state index contributed by atoms with van der Waals surface area (Å²) in [6.07, 6.45) is 0. The summed E-state index contributed by atoms with van der Waals surface area (Å²) in [5.74, 6) is -1.23. The Morgan fingerprint density at radius 1 is 1.55 bits per heavy atom. The molecular weight excluding hydrogens is 207 g/mol. The van der Waals surface area contributed by atoms with Crippen molar-refractivity contribution in [3.63, 3.8) is 0 Å². The number of hydrogen-bond donors (Lipinski definition) is 2. The summed E-state index contributed by atoms with van der Waals surface area (Å²) in [6, 6.07) is -0.688. The second-order valence-corrected chi connectivity index (χ2v) is 6.58. The SMILES string of the molecule is CC(=O)NC(C(=O)O)[CH](C)[GeH3]. The maximum absolute atomic E-state index is 10.5. The molecule has 0 aliphatic heterocycles. The van der Waals surface area contributed by atoms with E-state index in [9.17, 15) is 9.59 Å². The molecule has 2 unspecified atom stereocenters. The molecule has 0 saturated carbocycles. The number of amides is 1. The molecule has 2 atom stereocenters. The van der Waals surface area contributed by atoms with Gasteiger partial charge in [0.25, 0.3) is 0 Å². The van der Waals surface area contributed by atoms with E-state index in [0.29, 0.717) is 16.5 Å². The number of aliphatic carboxylic acids is 1. The van der Waals surface area contributed by atoms with Gasteiger partial charge in [-0.1, -0.05) is 0 Å². The van der Waals surface area contributed by atoms with E-state index >= 15 is 0 Å². The van der Waals surface area contributed by atoms with Crippen molar-refractivity contribution in [2.24, 2.45) is 0 Å². The first-order chi connectivity index (χ1) is 4.95. The molecular formula is C6H13GeNO3. The Morgan fingerprint density at radius 3 is 2.09 bits per heavy atom. The van der Waals surface area contributed by atoms with Crippen LogP contribution in [-0.4, -0.2) is 39.5 Å². The third-order valence-corrected chi connectivity index (χ3v) is 2.69. The zero-order valence-corrected chi connectivity index (χ0v) is 11.1. The Bertz CT molecular complexity index is 169. The molecule has 64 valence electrons. The molecule has 0 spiro atoms. The van der Waals surface area contributed by atoms with E-state index in [4.69, 9.17) is 5.11 Å². The van der Waals surface area contributed by atoms with Gasteiger partial charge in [-0.2, -0.15) is 0 Å². The van der Waals surface area contributed by atoms with Crippen LogP contribution in [-0.2, 0) is 9.59 Å². The number of carbonyl (C=O) groups is 2. The molecule has 0 fully saturated rings. The molecule has 1 amide bonds. The van der Waals surface area contributed by atoms with Gasteiger partial charge in [0, 0.05) is 0 Å². The van der Waals surface area contributed by atoms with E-state index in [-0.39, 0.29) is 10.7 Å². The minimum absolute atomic E-state index is 0.101. The number of hydrogen-bond acceptors (Lipinski definition) is 2. The van der Waals surface area contributed by atoms with Crippen molar-refractivity contribution in [2.75, 3.05) is 0 Å². The van der Waals surface area contributed by atoms with Gasteiger partial charge < -0.3 is 0 Å². The summed E-state index contributed by atoms with van der Waals surface area (Å²) in [5.41, 5.74) is 0. The maximum atomic E-state index is 10.5. The molecule has 0 rings (SSSR count). The quantitative estimate of drug-likeness (QED) is 0.583. The third kappa shape index (κ3) is 4.03. The first-order valence-electron chi connectivity index (χ1n) is 3.45. The van der Waals surface area contributed by atoms with Gasteiger partial charge in [-0.25, -0.2) is 0 Å². The molecule has 0 heterocycles. The Hall–Kier alpha value is -0.517. The third-order valence-electron chi connectivity index (χ3n) is 1.29. The molecule has 0 aromatic carbocycles. The summed E-state index contributed by atoms with van der Waals surface area (Å²) in [7, 11) is 0. The average Bonchev–Trinajstić information content (AvgIpc) is 1.81. The average molecular weight is 220 g/mol. The number of nitrogens with one attached hydrogen (secondary N) is 1. The number of carbonyl (C=O) groups excluding carboxylic acids is 1. The van der Waals surface area contributed by atoms with Gasteiger partial charge in [0.05, 0.1) is 0 Å². The molecule has 11 heavy (non-hydrogen) atoms. The van der Waals surface area contributed by atoms with Gasteiger partial charge in [0.15, 0.2) is 0 Å². The monoisotopic (exact) mass is 221 g/mol. The van der Waals surface area contributed by atoms with E-state index in [1.165, 1.54) is 6.92 Å². The molecule has 0 radical (unpaired) electrons. The predicted molar refractivity (Wildman–Crippen MR) is 44.6 cm³/mol.